The number of aromatic nitrogens is 2. The van der Waals surface area contributed by atoms with Crippen LogP contribution < -0.4 is 0 Å². The molecule has 0 saturated carbocycles. The smallest absolute Gasteiger partial charge is 0.112 e. The average Bonchev–Trinajstić information content (AvgIpc) is 3.29. The predicted octanol–water partition coefficient (Wildman–Crippen LogP) is 8.10. The van der Waals surface area contributed by atoms with Crippen molar-refractivity contribution in [3.63, 3.8) is 0 Å². The summed E-state index contributed by atoms with van der Waals surface area (Å²) in [5.41, 5.74) is 8.78. The van der Waals surface area contributed by atoms with E-state index in [-0.39, 0.29) is 0 Å². The molecule has 0 saturated heterocycles. The first-order valence-electron chi connectivity index (χ1n) is 10.3. The van der Waals surface area contributed by atoms with Gasteiger partial charge < -0.3 is 0 Å². The highest BCUT2D eigenvalue weighted by atomic mass is 32.1. The summed E-state index contributed by atoms with van der Waals surface area (Å²) in [5.74, 6) is 0. The van der Waals surface area contributed by atoms with E-state index in [1.54, 1.807) is 0 Å². The third kappa shape index (κ3) is 5.14. The second kappa shape index (κ2) is 9.96. The lowest BCUT2D eigenvalue weighted by molar-refractivity contribution is 1.58. The summed E-state index contributed by atoms with van der Waals surface area (Å²) in [5, 5.41) is 0. The van der Waals surface area contributed by atoms with Crippen molar-refractivity contribution in [2.45, 2.75) is 13.8 Å². The molecule has 31 heavy (non-hydrogen) atoms. The number of benzene rings is 3. The Labute approximate surface area is 187 Å². The second-order valence-corrected chi connectivity index (χ2v) is 7.73. The van der Waals surface area contributed by atoms with Crippen LogP contribution >= 0.6 is 11.7 Å². The van der Waals surface area contributed by atoms with Crippen molar-refractivity contribution in [3.8, 4) is 0 Å². The fourth-order valence-electron chi connectivity index (χ4n) is 3.37. The van der Waals surface area contributed by atoms with Gasteiger partial charge in [0.1, 0.15) is 11.0 Å². The normalized spacial score (nSPS) is 12.3. The van der Waals surface area contributed by atoms with Crippen LogP contribution in [-0.4, -0.2) is 8.75 Å². The number of fused-ring (bicyclic) bond motifs is 1. The van der Waals surface area contributed by atoms with Crippen LogP contribution in [0.3, 0.4) is 0 Å². The monoisotopic (exact) mass is 420 g/mol. The second-order valence-electron chi connectivity index (χ2n) is 7.21. The highest BCUT2D eigenvalue weighted by Crippen LogP contribution is 2.25. The SMILES string of the molecule is C/C=C/c1ccc(/C=C/c2ccc(/C=C/c3ccc(/C=C/C)cc3)c3nsnc23)cc1. The van der Waals surface area contributed by atoms with Crippen molar-refractivity contribution in [2.75, 3.05) is 0 Å². The molecule has 1 aromatic heterocycles. The minimum Gasteiger partial charge on any atom is -0.172 e. The van der Waals surface area contributed by atoms with Crippen molar-refractivity contribution >= 4 is 59.2 Å². The van der Waals surface area contributed by atoms with E-state index in [9.17, 15) is 0 Å². The molecule has 0 spiro atoms. The van der Waals surface area contributed by atoms with Gasteiger partial charge in [0.05, 0.1) is 11.7 Å². The Balaban J connectivity index is 1.56. The lowest BCUT2D eigenvalue weighted by Crippen LogP contribution is -1.83. The summed E-state index contributed by atoms with van der Waals surface area (Å²) in [4.78, 5) is 0. The van der Waals surface area contributed by atoms with Gasteiger partial charge in [0.25, 0.3) is 0 Å². The molecule has 1 heterocycles. The van der Waals surface area contributed by atoms with Gasteiger partial charge in [-0.1, -0.05) is 109 Å². The van der Waals surface area contributed by atoms with Crippen LogP contribution in [0.4, 0.5) is 0 Å². The Morgan fingerprint density at radius 3 is 1.19 bits per heavy atom. The van der Waals surface area contributed by atoms with E-state index in [0.29, 0.717) is 0 Å². The van der Waals surface area contributed by atoms with Gasteiger partial charge in [-0.3, -0.25) is 0 Å². The molecule has 0 radical (unpaired) electrons. The summed E-state index contributed by atoms with van der Waals surface area (Å²) < 4.78 is 9.09. The van der Waals surface area contributed by atoms with E-state index in [4.69, 9.17) is 0 Å². The average molecular weight is 421 g/mol. The molecule has 152 valence electrons. The Kier molecular flexibility index (Phi) is 6.65. The third-order valence-corrected chi connectivity index (χ3v) is 5.51. The lowest BCUT2D eigenvalue weighted by atomic mass is 10.0. The number of nitrogens with zero attached hydrogens (tertiary/aromatic N) is 2. The van der Waals surface area contributed by atoms with E-state index < -0.39 is 0 Å². The first kappa shape index (κ1) is 20.7. The first-order chi connectivity index (χ1) is 15.3. The Hall–Kier alpha value is -3.56. The molecule has 2 nitrogen and oxygen atoms in total. The number of hydrogen-bond donors (Lipinski definition) is 0. The fourth-order valence-corrected chi connectivity index (χ4v) is 3.96. The van der Waals surface area contributed by atoms with Crippen LogP contribution in [0, 0.1) is 0 Å². The molecule has 0 aliphatic rings. The molecular formula is C28H24N2S. The fraction of sp³-hybridized carbons (Fsp3) is 0.0714. The number of allylic oxidation sites excluding steroid dienone is 2. The largest absolute Gasteiger partial charge is 0.172 e. The van der Waals surface area contributed by atoms with Crippen molar-refractivity contribution in [1.29, 1.82) is 0 Å². The van der Waals surface area contributed by atoms with Crippen LogP contribution in [0.2, 0.25) is 0 Å². The van der Waals surface area contributed by atoms with Gasteiger partial charge in [0.15, 0.2) is 0 Å². The molecular weight excluding hydrogens is 396 g/mol. The maximum atomic E-state index is 4.55. The third-order valence-electron chi connectivity index (χ3n) is 4.98. The quantitative estimate of drug-likeness (QED) is 0.294. The molecule has 0 aliphatic carbocycles. The van der Waals surface area contributed by atoms with Crippen LogP contribution in [0.1, 0.15) is 47.2 Å². The highest BCUT2D eigenvalue weighted by Gasteiger charge is 2.07. The van der Waals surface area contributed by atoms with Gasteiger partial charge in [-0.25, -0.2) is 0 Å². The number of rotatable bonds is 6. The molecule has 0 atom stereocenters. The van der Waals surface area contributed by atoms with Crippen LogP contribution in [-0.2, 0) is 0 Å². The highest BCUT2D eigenvalue weighted by molar-refractivity contribution is 7.00. The van der Waals surface area contributed by atoms with E-state index >= 15 is 0 Å². The van der Waals surface area contributed by atoms with Crippen molar-refractivity contribution in [3.05, 3.63) is 106 Å². The Morgan fingerprint density at radius 2 is 0.839 bits per heavy atom. The maximum absolute atomic E-state index is 4.55. The topological polar surface area (TPSA) is 25.8 Å². The molecule has 4 rings (SSSR count). The van der Waals surface area contributed by atoms with E-state index in [0.717, 1.165) is 33.3 Å². The summed E-state index contributed by atoms with van der Waals surface area (Å²) >= 11 is 1.26. The maximum Gasteiger partial charge on any atom is 0.112 e. The summed E-state index contributed by atoms with van der Waals surface area (Å²) in [6.07, 6.45) is 16.8. The first-order valence-corrected chi connectivity index (χ1v) is 11.1. The van der Waals surface area contributed by atoms with Crippen molar-refractivity contribution < 1.29 is 0 Å². The molecule has 0 N–H and O–H groups in total. The molecule has 3 aromatic carbocycles. The summed E-state index contributed by atoms with van der Waals surface area (Å²) in [7, 11) is 0. The van der Waals surface area contributed by atoms with Gasteiger partial charge in [-0.05, 0) is 36.1 Å². The van der Waals surface area contributed by atoms with Gasteiger partial charge >= 0.3 is 0 Å². The summed E-state index contributed by atoms with van der Waals surface area (Å²) in [6.45, 7) is 4.06. The van der Waals surface area contributed by atoms with Crippen LogP contribution in [0.25, 0.3) is 47.5 Å². The van der Waals surface area contributed by atoms with Crippen LogP contribution in [0.5, 0.6) is 0 Å². The zero-order valence-corrected chi connectivity index (χ0v) is 18.5. The molecule has 0 amide bonds. The summed E-state index contributed by atoms with van der Waals surface area (Å²) in [6, 6.07) is 21.2. The zero-order valence-electron chi connectivity index (χ0n) is 17.7. The van der Waals surface area contributed by atoms with Crippen molar-refractivity contribution in [1.82, 2.24) is 8.75 Å². The predicted molar refractivity (Wildman–Crippen MR) is 138 cm³/mol. The standard InChI is InChI=1S/C28H24N2S/c1-3-5-21-7-11-23(12-8-21)15-17-25-19-20-26(28-27(25)29-31-30-28)18-16-24-13-9-22(6-4-2)10-14-24/h3-20H,1-2H3/b5-3+,6-4+,17-15+,18-16+. The van der Waals surface area contributed by atoms with Gasteiger partial charge in [0, 0.05) is 11.1 Å². The molecule has 4 aromatic rings. The molecule has 0 unspecified atom stereocenters. The van der Waals surface area contributed by atoms with E-state index in [1.165, 1.54) is 22.9 Å². The van der Waals surface area contributed by atoms with Gasteiger partial charge in [-0.15, -0.1) is 0 Å². The van der Waals surface area contributed by atoms with Crippen molar-refractivity contribution in [2.24, 2.45) is 0 Å². The van der Waals surface area contributed by atoms with Gasteiger partial charge in [0.2, 0.25) is 0 Å². The Morgan fingerprint density at radius 1 is 0.484 bits per heavy atom. The number of hydrogen-bond acceptors (Lipinski definition) is 3. The molecule has 0 bridgehead atoms. The molecule has 3 heteroatoms. The Bertz CT molecular complexity index is 1170. The lowest BCUT2D eigenvalue weighted by Gasteiger charge is -2.01. The van der Waals surface area contributed by atoms with E-state index in [1.807, 2.05) is 26.0 Å². The zero-order chi connectivity index (χ0) is 21.5. The van der Waals surface area contributed by atoms with Gasteiger partial charge in [-0.2, -0.15) is 8.75 Å². The molecule has 0 fully saturated rings. The molecule has 0 aliphatic heterocycles. The minimum absolute atomic E-state index is 0.942. The van der Waals surface area contributed by atoms with E-state index in [2.05, 4.69) is 106 Å². The minimum atomic E-state index is 0.942. The van der Waals surface area contributed by atoms with Crippen LogP contribution in [0.15, 0.2) is 72.8 Å².